The fourth-order valence-electron chi connectivity index (χ4n) is 2.51. The highest BCUT2D eigenvalue weighted by Gasteiger charge is 2.20. The van der Waals surface area contributed by atoms with Crippen LogP contribution in [0.5, 0.6) is 0 Å². The maximum absolute atomic E-state index is 5.56. The maximum atomic E-state index is 5.56. The van der Waals surface area contributed by atoms with E-state index in [0.29, 0.717) is 18.2 Å². The van der Waals surface area contributed by atoms with Gasteiger partial charge < -0.3 is 10.1 Å². The third kappa shape index (κ3) is 5.86. The van der Waals surface area contributed by atoms with Crippen LogP contribution in [0.3, 0.4) is 0 Å². The number of hydrogen-bond donors (Lipinski definition) is 1. The molecule has 0 aromatic rings. The summed E-state index contributed by atoms with van der Waals surface area (Å²) in [6.45, 7) is 7.71. The number of unbranched alkanes of at least 4 members (excludes halogenated alkanes) is 3. The van der Waals surface area contributed by atoms with Crippen LogP contribution in [0.1, 0.15) is 65.7 Å². The lowest BCUT2D eigenvalue weighted by atomic mass is 10.0. The summed E-state index contributed by atoms with van der Waals surface area (Å²) in [4.78, 5) is 0. The smallest absolute Gasteiger partial charge is 0.0561 e. The molecule has 1 aliphatic rings. The summed E-state index contributed by atoms with van der Waals surface area (Å²) in [5.41, 5.74) is 0. The minimum atomic E-state index is 0.443. The van der Waals surface area contributed by atoms with Crippen LogP contribution in [0.4, 0.5) is 0 Å². The molecule has 16 heavy (non-hydrogen) atoms. The Hall–Kier alpha value is -0.0800. The second-order valence-corrected chi connectivity index (χ2v) is 5.32. The Kier molecular flexibility index (Phi) is 7.06. The summed E-state index contributed by atoms with van der Waals surface area (Å²) in [7, 11) is 0. The molecule has 0 saturated carbocycles. The van der Waals surface area contributed by atoms with Crippen molar-refractivity contribution in [2.75, 3.05) is 6.61 Å². The van der Waals surface area contributed by atoms with Crippen molar-refractivity contribution >= 4 is 0 Å². The van der Waals surface area contributed by atoms with E-state index in [-0.39, 0.29) is 0 Å². The van der Waals surface area contributed by atoms with E-state index in [1.165, 1.54) is 44.9 Å². The first-order valence-electron chi connectivity index (χ1n) is 7.10. The molecule has 2 heteroatoms. The van der Waals surface area contributed by atoms with Crippen molar-refractivity contribution < 1.29 is 4.74 Å². The van der Waals surface area contributed by atoms with Crippen molar-refractivity contribution in [2.24, 2.45) is 0 Å². The Labute approximate surface area is 101 Å². The summed E-state index contributed by atoms with van der Waals surface area (Å²) in [6, 6.07) is 1.36. The second kappa shape index (κ2) is 8.08. The van der Waals surface area contributed by atoms with Crippen molar-refractivity contribution in [1.29, 1.82) is 0 Å². The van der Waals surface area contributed by atoms with Crippen LogP contribution in [0.25, 0.3) is 0 Å². The molecular formula is C14H29NO. The highest BCUT2D eigenvalue weighted by molar-refractivity contribution is 4.77. The van der Waals surface area contributed by atoms with Gasteiger partial charge in [-0.15, -0.1) is 0 Å². The predicted molar refractivity (Wildman–Crippen MR) is 69.8 cm³/mol. The first-order valence-corrected chi connectivity index (χ1v) is 7.10. The standard InChI is InChI=1S/C14H29NO/c1-4-5-6-7-8-12(2)15-14-9-10-16-13(3)11-14/h12-15H,4-11H2,1-3H3. The van der Waals surface area contributed by atoms with Gasteiger partial charge in [0.15, 0.2) is 0 Å². The van der Waals surface area contributed by atoms with Crippen LogP contribution >= 0.6 is 0 Å². The molecule has 1 heterocycles. The largest absolute Gasteiger partial charge is 0.378 e. The number of nitrogens with one attached hydrogen (secondary N) is 1. The van der Waals surface area contributed by atoms with Gasteiger partial charge in [-0.2, -0.15) is 0 Å². The van der Waals surface area contributed by atoms with Gasteiger partial charge in [-0.25, -0.2) is 0 Å². The van der Waals surface area contributed by atoms with Crippen LogP contribution in [0.2, 0.25) is 0 Å². The Morgan fingerprint density at radius 1 is 1.31 bits per heavy atom. The van der Waals surface area contributed by atoms with Crippen LogP contribution < -0.4 is 5.32 Å². The Balaban J connectivity index is 2.06. The zero-order valence-electron chi connectivity index (χ0n) is 11.3. The number of hydrogen-bond acceptors (Lipinski definition) is 2. The highest BCUT2D eigenvalue weighted by atomic mass is 16.5. The van der Waals surface area contributed by atoms with Gasteiger partial charge in [0.25, 0.3) is 0 Å². The van der Waals surface area contributed by atoms with E-state index in [2.05, 4.69) is 26.1 Å². The zero-order chi connectivity index (χ0) is 11.8. The minimum Gasteiger partial charge on any atom is -0.378 e. The molecule has 2 nitrogen and oxygen atoms in total. The maximum Gasteiger partial charge on any atom is 0.0561 e. The van der Waals surface area contributed by atoms with E-state index in [1.54, 1.807) is 0 Å². The van der Waals surface area contributed by atoms with E-state index >= 15 is 0 Å². The molecule has 0 aliphatic carbocycles. The Morgan fingerprint density at radius 2 is 2.12 bits per heavy atom. The fourth-order valence-corrected chi connectivity index (χ4v) is 2.51. The third-order valence-corrected chi connectivity index (χ3v) is 3.50. The molecule has 1 saturated heterocycles. The number of rotatable bonds is 7. The van der Waals surface area contributed by atoms with Gasteiger partial charge in [-0.3, -0.25) is 0 Å². The topological polar surface area (TPSA) is 21.3 Å². The van der Waals surface area contributed by atoms with Crippen LogP contribution in [-0.2, 0) is 4.74 Å². The van der Waals surface area contributed by atoms with Crippen LogP contribution in [-0.4, -0.2) is 24.8 Å². The minimum absolute atomic E-state index is 0.443. The lowest BCUT2D eigenvalue weighted by molar-refractivity contribution is 0.0114. The van der Waals surface area contributed by atoms with Crippen molar-refractivity contribution in [3.8, 4) is 0 Å². The average molecular weight is 227 g/mol. The van der Waals surface area contributed by atoms with Crippen molar-refractivity contribution in [3.05, 3.63) is 0 Å². The molecule has 3 unspecified atom stereocenters. The highest BCUT2D eigenvalue weighted by Crippen LogP contribution is 2.15. The predicted octanol–water partition coefficient (Wildman–Crippen LogP) is 3.50. The molecule has 0 radical (unpaired) electrons. The van der Waals surface area contributed by atoms with Gasteiger partial charge in [-0.1, -0.05) is 32.6 Å². The molecule has 0 amide bonds. The molecule has 1 N–H and O–H groups in total. The lowest BCUT2D eigenvalue weighted by Gasteiger charge is -2.30. The number of ether oxygens (including phenoxy) is 1. The van der Waals surface area contributed by atoms with Gasteiger partial charge in [0.1, 0.15) is 0 Å². The SMILES string of the molecule is CCCCCCC(C)NC1CCOC(C)C1. The molecule has 3 atom stereocenters. The van der Waals surface area contributed by atoms with Crippen molar-refractivity contribution in [3.63, 3.8) is 0 Å². The van der Waals surface area contributed by atoms with Gasteiger partial charge in [0, 0.05) is 18.7 Å². The molecular weight excluding hydrogens is 198 g/mol. The summed E-state index contributed by atoms with van der Waals surface area (Å²) in [5, 5.41) is 3.75. The van der Waals surface area contributed by atoms with Crippen molar-refractivity contribution in [1.82, 2.24) is 5.32 Å². The molecule has 0 aromatic carbocycles. The van der Waals surface area contributed by atoms with E-state index in [0.717, 1.165) is 6.61 Å². The summed E-state index contributed by atoms with van der Waals surface area (Å²) in [6.07, 6.45) is 9.63. The molecule has 0 spiro atoms. The van der Waals surface area contributed by atoms with Crippen molar-refractivity contribution in [2.45, 2.75) is 83.9 Å². The molecule has 96 valence electrons. The lowest BCUT2D eigenvalue weighted by Crippen LogP contribution is -2.42. The summed E-state index contributed by atoms with van der Waals surface area (Å²) < 4.78 is 5.56. The van der Waals surface area contributed by atoms with E-state index in [4.69, 9.17) is 4.74 Å². The summed E-state index contributed by atoms with van der Waals surface area (Å²) in [5.74, 6) is 0. The first kappa shape index (κ1) is 14.0. The van der Waals surface area contributed by atoms with Gasteiger partial charge >= 0.3 is 0 Å². The van der Waals surface area contributed by atoms with E-state index < -0.39 is 0 Å². The fraction of sp³-hybridized carbons (Fsp3) is 1.00. The van der Waals surface area contributed by atoms with Crippen LogP contribution in [0.15, 0.2) is 0 Å². The molecule has 0 aromatic heterocycles. The van der Waals surface area contributed by atoms with Crippen LogP contribution in [0, 0.1) is 0 Å². The van der Waals surface area contributed by atoms with Gasteiger partial charge in [0.2, 0.25) is 0 Å². The zero-order valence-corrected chi connectivity index (χ0v) is 11.3. The molecule has 1 fully saturated rings. The quantitative estimate of drug-likeness (QED) is 0.672. The second-order valence-electron chi connectivity index (χ2n) is 5.32. The molecule has 1 rings (SSSR count). The van der Waals surface area contributed by atoms with E-state index in [9.17, 15) is 0 Å². The normalized spacial score (nSPS) is 27.9. The first-order chi connectivity index (χ1) is 7.72. The van der Waals surface area contributed by atoms with Gasteiger partial charge in [0.05, 0.1) is 6.10 Å². The third-order valence-electron chi connectivity index (χ3n) is 3.50. The molecule has 1 aliphatic heterocycles. The summed E-state index contributed by atoms with van der Waals surface area (Å²) >= 11 is 0. The Bertz CT molecular complexity index is 172. The van der Waals surface area contributed by atoms with E-state index in [1.807, 2.05) is 0 Å². The molecule has 0 bridgehead atoms. The average Bonchev–Trinajstić information content (AvgIpc) is 2.24. The van der Waals surface area contributed by atoms with Gasteiger partial charge in [-0.05, 0) is 33.1 Å². The monoisotopic (exact) mass is 227 g/mol. The Morgan fingerprint density at radius 3 is 2.81 bits per heavy atom.